The van der Waals surface area contributed by atoms with Crippen LogP contribution in [0.4, 0.5) is 4.79 Å². The highest BCUT2D eigenvalue weighted by molar-refractivity contribution is 7.71. The third-order valence-corrected chi connectivity index (χ3v) is 2.21. The molecule has 0 rings (SSSR count). The maximum absolute atomic E-state index is 11.7. The van der Waals surface area contributed by atoms with Crippen molar-refractivity contribution in [1.29, 1.82) is 0 Å². The lowest BCUT2D eigenvalue weighted by Crippen LogP contribution is -2.10. The molecule has 0 aliphatic heterocycles. The van der Waals surface area contributed by atoms with Gasteiger partial charge in [0, 0.05) is 0 Å². The average Bonchev–Trinajstić information content (AvgIpc) is 2.24. The molecule has 8 heteroatoms. The van der Waals surface area contributed by atoms with E-state index < -0.39 is 13.3 Å². The van der Waals surface area contributed by atoms with E-state index >= 15 is 0 Å². The number of rotatable bonds is 8. The maximum Gasteiger partial charge on any atom is 0.491 e. The van der Waals surface area contributed by atoms with E-state index in [1.807, 2.05) is 0 Å². The number of carbonyl (C=O) groups excluding carboxylic acids is 1. The highest BCUT2D eigenvalue weighted by atomic mass is 31.2. The van der Waals surface area contributed by atoms with Crippen molar-refractivity contribution in [2.45, 2.75) is 20.8 Å². The zero-order chi connectivity index (χ0) is 11.7. The van der Waals surface area contributed by atoms with Crippen LogP contribution in [0.5, 0.6) is 0 Å². The third kappa shape index (κ3) is 5.25. The van der Waals surface area contributed by atoms with Gasteiger partial charge in [-0.15, -0.1) is 9.35 Å². The normalized spacial score (nSPS) is 11.4. The van der Waals surface area contributed by atoms with Crippen LogP contribution in [0.1, 0.15) is 20.8 Å². The quantitative estimate of drug-likeness (QED) is 0.367. The molecule has 0 saturated heterocycles. The summed E-state index contributed by atoms with van der Waals surface area (Å²) in [6.45, 7) is 5.02. The van der Waals surface area contributed by atoms with Crippen LogP contribution in [0.25, 0.3) is 0 Å². The number of carbonyl (C=O) groups is 1. The summed E-state index contributed by atoms with van der Waals surface area (Å²) in [4.78, 5) is 20.0. The molecule has 0 bridgehead atoms. The molecule has 7 nitrogen and oxygen atoms in total. The van der Waals surface area contributed by atoms with Crippen molar-refractivity contribution < 1.29 is 33.2 Å². The van der Waals surface area contributed by atoms with Crippen molar-refractivity contribution in [2.75, 3.05) is 19.8 Å². The van der Waals surface area contributed by atoms with Gasteiger partial charge in [-0.2, -0.15) is 0 Å². The molecule has 90 valence electrons. The van der Waals surface area contributed by atoms with Crippen molar-refractivity contribution >= 4 is 13.3 Å². The fourth-order valence-corrected chi connectivity index (χ4v) is 1.44. The molecule has 0 atom stereocenters. The van der Waals surface area contributed by atoms with Crippen molar-refractivity contribution in [1.82, 2.24) is 0 Å². The van der Waals surface area contributed by atoms with E-state index in [4.69, 9.17) is 0 Å². The fraction of sp³-hybridized carbons (Fsp3) is 0.857. The van der Waals surface area contributed by atoms with Gasteiger partial charge < -0.3 is 4.74 Å². The maximum atomic E-state index is 11.7. The van der Waals surface area contributed by atoms with Crippen molar-refractivity contribution in [3.05, 3.63) is 0 Å². The molecule has 0 amide bonds. The van der Waals surface area contributed by atoms with Crippen molar-refractivity contribution in [2.24, 2.45) is 0 Å². The molecule has 0 radical (unpaired) electrons. The smallest absolute Gasteiger partial charge is 0.457 e. The van der Waals surface area contributed by atoms with Crippen LogP contribution >= 0.6 is 7.60 Å². The SMILES string of the molecule is CCOOP(=O)(OOCC)C(=O)OCC. The largest absolute Gasteiger partial charge is 0.491 e. The highest BCUT2D eigenvalue weighted by Crippen LogP contribution is 2.50. The Bertz CT molecular complexity index is 217. The average molecular weight is 242 g/mol. The Morgan fingerprint density at radius 1 is 1.00 bits per heavy atom. The second kappa shape index (κ2) is 7.78. The van der Waals surface area contributed by atoms with Gasteiger partial charge >= 0.3 is 13.3 Å². The van der Waals surface area contributed by atoms with Gasteiger partial charge in [0.1, 0.15) is 0 Å². The Morgan fingerprint density at radius 3 is 1.80 bits per heavy atom. The minimum Gasteiger partial charge on any atom is -0.457 e. The number of hydrogen-bond acceptors (Lipinski definition) is 7. The van der Waals surface area contributed by atoms with Crippen LogP contribution in [-0.2, 0) is 28.4 Å². The van der Waals surface area contributed by atoms with Crippen molar-refractivity contribution in [3.63, 3.8) is 0 Å². The van der Waals surface area contributed by atoms with Gasteiger partial charge in [-0.25, -0.2) is 19.1 Å². The summed E-state index contributed by atoms with van der Waals surface area (Å²) in [5.41, 5.74) is -1.15. The zero-order valence-corrected chi connectivity index (χ0v) is 9.82. The van der Waals surface area contributed by atoms with E-state index in [9.17, 15) is 9.36 Å². The Hall–Kier alpha value is -0.460. The first kappa shape index (κ1) is 14.5. The summed E-state index contributed by atoms with van der Waals surface area (Å²) in [6, 6.07) is 0. The molecule has 0 aromatic carbocycles. The minimum atomic E-state index is -4.17. The molecule has 0 aromatic heterocycles. The lowest BCUT2D eigenvalue weighted by molar-refractivity contribution is -0.260. The van der Waals surface area contributed by atoms with Crippen LogP contribution in [-0.4, -0.2) is 25.5 Å². The van der Waals surface area contributed by atoms with E-state index in [1.165, 1.54) is 0 Å². The van der Waals surface area contributed by atoms with Crippen molar-refractivity contribution in [3.8, 4) is 0 Å². The first-order valence-electron chi connectivity index (χ1n) is 4.50. The van der Waals surface area contributed by atoms with Crippen LogP contribution in [0.2, 0.25) is 0 Å². The first-order chi connectivity index (χ1) is 7.10. The van der Waals surface area contributed by atoms with Gasteiger partial charge in [0.05, 0.1) is 19.8 Å². The zero-order valence-electron chi connectivity index (χ0n) is 8.93. The summed E-state index contributed by atoms with van der Waals surface area (Å²) in [7, 11) is -4.17. The van der Waals surface area contributed by atoms with Gasteiger partial charge in [-0.1, -0.05) is 0 Å². The third-order valence-electron chi connectivity index (χ3n) is 1.03. The molecule has 0 heterocycles. The van der Waals surface area contributed by atoms with Crippen LogP contribution < -0.4 is 0 Å². The molecule has 0 aromatic rings. The molecule has 0 saturated carbocycles. The predicted octanol–water partition coefficient (Wildman–Crippen LogP) is 2.27. The molecular weight excluding hydrogens is 227 g/mol. The Morgan fingerprint density at radius 2 is 1.47 bits per heavy atom. The van der Waals surface area contributed by atoms with Crippen LogP contribution in [0.3, 0.4) is 0 Å². The van der Waals surface area contributed by atoms with E-state index in [-0.39, 0.29) is 19.8 Å². The topological polar surface area (TPSA) is 80.3 Å². The molecule has 0 spiro atoms. The van der Waals surface area contributed by atoms with E-state index in [0.29, 0.717) is 0 Å². The predicted molar refractivity (Wildman–Crippen MR) is 50.1 cm³/mol. The van der Waals surface area contributed by atoms with Gasteiger partial charge in [-0.05, 0) is 20.8 Å². The number of hydrogen-bond donors (Lipinski definition) is 0. The molecule has 0 unspecified atom stereocenters. The second-order valence-corrected chi connectivity index (χ2v) is 3.82. The molecule has 15 heavy (non-hydrogen) atoms. The summed E-state index contributed by atoms with van der Waals surface area (Å²) in [5, 5.41) is 0. The van der Waals surface area contributed by atoms with Crippen LogP contribution in [0.15, 0.2) is 0 Å². The summed E-state index contributed by atoms with van der Waals surface area (Å²) in [6.07, 6.45) is 0. The molecule has 0 aliphatic rings. The first-order valence-corrected chi connectivity index (χ1v) is 6.04. The Labute approximate surface area is 88.0 Å². The molecule has 0 aliphatic carbocycles. The molecule has 0 N–H and O–H groups in total. The van der Waals surface area contributed by atoms with Crippen LogP contribution in [0, 0.1) is 0 Å². The minimum absolute atomic E-state index is 0.0494. The second-order valence-electron chi connectivity index (χ2n) is 2.16. The highest BCUT2D eigenvalue weighted by Gasteiger charge is 2.40. The summed E-state index contributed by atoms with van der Waals surface area (Å²) in [5.74, 6) is 0. The van der Waals surface area contributed by atoms with E-state index in [2.05, 4.69) is 23.9 Å². The lowest BCUT2D eigenvalue weighted by Gasteiger charge is -2.13. The molecular formula is C7H15O7P. The van der Waals surface area contributed by atoms with E-state index in [1.54, 1.807) is 20.8 Å². The van der Waals surface area contributed by atoms with Gasteiger partial charge in [0.15, 0.2) is 0 Å². The monoisotopic (exact) mass is 242 g/mol. The fourth-order valence-electron chi connectivity index (χ4n) is 0.520. The lowest BCUT2D eigenvalue weighted by atomic mass is 10.9. The van der Waals surface area contributed by atoms with Gasteiger partial charge in [0.2, 0.25) is 0 Å². The Balaban J connectivity index is 4.38. The summed E-state index contributed by atoms with van der Waals surface area (Å²) >= 11 is 0. The van der Waals surface area contributed by atoms with Gasteiger partial charge in [0.25, 0.3) is 0 Å². The molecule has 0 fully saturated rings. The summed E-state index contributed by atoms with van der Waals surface area (Å²) < 4.78 is 24.8. The van der Waals surface area contributed by atoms with E-state index in [0.717, 1.165) is 0 Å². The van der Waals surface area contributed by atoms with Gasteiger partial charge in [-0.3, -0.25) is 0 Å². The number of ether oxygens (including phenoxy) is 1. The Kier molecular flexibility index (Phi) is 7.54. The standard InChI is InChI=1S/C7H15O7P/c1-4-10-7(8)15(9,13-11-5-2)14-12-6-3/h4-6H2,1-3H3.